The van der Waals surface area contributed by atoms with E-state index in [2.05, 4.69) is 10.6 Å². The summed E-state index contributed by atoms with van der Waals surface area (Å²) in [4.78, 5) is 48.8. The van der Waals surface area contributed by atoms with E-state index < -0.39 is 41.9 Å². The van der Waals surface area contributed by atoms with Crippen LogP contribution in [0.3, 0.4) is 0 Å². The first-order valence-corrected chi connectivity index (χ1v) is 9.94. The number of rotatable bonds is 10. The molecule has 0 aliphatic rings. The van der Waals surface area contributed by atoms with Crippen molar-refractivity contribution >= 4 is 23.9 Å². The molecule has 0 fully saturated rings. The number of benzene rings is 2. The molecule has 3 atom stereocenters. The van der Waals surface area contributed by atoms with Gasteiger partial charge in [-0.15, -0.1) is 0 Å². The lowest BCUT2D eigenvalue weighted by Gasteiger charge is -2.24. The lowest BCUT2D eigenvalue weighted by atomic mass is 10.00. The SMILES string of the molecule is COC(=O)[C@H](Cc1ccccc1)NC(=O)[C@@H](NC(=O)OCc1ccccc1)C(C)C(=O)O. The minimum atomic E-state index is -1.47. The molecule has 3 N–H and O–H groups in total. The summed E-state index contributed by atoms with van der Waals surface area (Å²) in [5.74, 6) is -4.13. The second kappa shape index (κ2) is 12.1. The summed E-state index contributed by atoms with van der Waals surface area (Å²) in [6, 6.07) is 15.3. The molecule has 1 unspecified atom stereocenters. The van der Waals surface area contributed by atoms with E-state index in [1.54, 1.807) is 48.5 Å². The summed E-state index contributed by atoms with van der Waals surface area (Å²) < 4.78 is 9.85. The highest BCUT2D eigenvalue weighted by Crippen LogP contribution is 2.09. The van der Waals surface area contributed by atoms with Gasteiger partial charge in [0, 0.05) is 6.42 Å². The second-order valence-corrected chi connectivity index (χ2v) is 7.08. The van der Waals surface area contributed by atoms with Crippen LogP contribution < -0.4 is 10.6 Å². The third-order valence-electron chi connectivity index (χ3n) is 4.74. The van der Waals surface area contributed by atoms with Crippen LogP contribution in [-0.4, -0.2) is 48.2 Å². The molecule has 0 saturated carbocycles. The Morgan fingerprint density at radius 2 is 1.47 bits per heavy atom. The van der Waals surface area contributed by atoms with Crippen LogP contribution in [0.5, 0.6) is 0 Å². The number of ether oxygens (including phenoxy) is 2. The predicted octanol–water partition coefficient (Wildman–Crippen LogP) is 1.90. The Kier molecular flexibility index (Phi) is 9.22. The zero-order valence-corrected chi connectivity index (χ0v) is 17.8. The largest absolute Gasteiger partial charge is 0.481 e. The van der Waals surface area contributed by atoms with Crippen molar-refractivity contribution in [2.45, 2.75) is 32.0 Å². The maximum Gasteiger partial charge on any atom is 0.408 e. The zero-order chi connectivity index (χ0) is 23.5. The normalized spacial score (nSPS) is 13.2. The van der Waals surface area contributed by atoms with Gasteiger partial charge in [-0.1, -0.05) is 60.7 Å². The molecule has 9 nitrogen and oxygen atoms in total. The van der Waals surface area contributed by atoms with E-state index in [4.69, 9.17) is 9.47 Å². The van der Waals surface area contributed by atoms with Crippen LogP contribution in [0, 0.1) is 5.92 Å². The van der Waals surface area contributed by atoms with Gasteiger partial charge in [0.1, 0.15) is 18.7 Å². The molecular weight excluding hydrogens is 416 g/mol. The number of methoxy groups -OCH3 is 1. The number of carbonyl (C=O) groups is 4. The molecule has 0 heterocycles. The maximum atomic E-state index is 12.9. The van der Waals surface area contributed by atoms with Gasteiger partial charge in [-0.2, -0.15) is 0 Å². The Bertz CT molecular complexity index is 918. The minimum absolute atomic E-state index is 0.0543. The first-order chi connectivity index (χ1) is 15.3. The van der Waals surface area contributed by atoms with Gasteiger partial charge in [0.15, 0.2) is 0 Å². The van der Waals surface area contributed by atoms with Gasteiger partial charge in [0.25, 0.3) is 0 Å². The number of carbonyl (C=O) groups excluding carboxylic acids is 3. The summed E-state index contributed by atoms with van der Waals surface area (Å²) in [5, 5.41) is 14.2. The third-order valence-corrected chi connectivity index (χ3v) is 4.74. The number of hydrogen-bond donors (Lipinski definition) is 3. The molecule has 170 valence electrons. The summed E-state index contributed by atoms with van der Waals surface area (Å²) in [5.41, 5.74) is 1.49. The van der Waals surface area contributed by atoms with Crippen molar-refractivity contribution in [2.75, 3.05) is 7.11 Å². The van der Waals surface area contributed by atoms with Crippen LogP contribution in [0.15, 0.2) is 60.7 Å². The van der Waals surface area contributed by atoms with Crippen LogP contribution in [-0.2, 0) is 36.9 Å². The highest BCUT2D eigenvalue weighted by molar-refractivity contribution is 5.93. The molecule has 2 amide bonds. The van der Waals surface area contributed by atoms with Crippen molar-refractivity contribution in [1.82, 2.24) is 10.6 Å². The molecule has 0 aliphatic carbocycles. The molecule has 0 aromatic heterocycles. The second-order valence-electron chi connectivity index (χ2n) is 7.08. The standard InChI is InChI=1S/C23H26N2O7/c1-15(21(27)28)19(25-23(30)32-14-17-11-7-4-8-12-17)20(26)24-18(22(29)31-2)13-16-9-5-3-6-10-16/h3-12,15,18-19H,13-14H2,1-2H3,(H,24,26)(H,25,30)(H,27,28)/t15?,18-,19-/m0/s1. The van der Waals surface area contributed by atoms with Gasteiger partial charge in [-0.25, -0.2) is 9.59 Å². The molecular formula is C23H26N2O7. The van der Waals surface area contributed by atoms with Gasteiger partial charge in [-0.3, -0.25) is 9.59 Å². The molecule has 2 aromatic carbocycles. The molecule has 0 radical (unpaired) electrons. The van der Waals surface area contributed by atoms with Crippen molar-refractivity contribution in [3.8, 4) is 0 Å². The molecule has 32 heavy (non-hydrogen) atoms. The molecule has 2 aromatic rings. The zero-order valence-electron chi connectivity index (χ0n) is 17.8. The number of alkyl carbamates (subject to hydrolysis) is 1. The average molecular weight is 442 g/mol. The van der Waals surface area contributed by atoms with Gasteiger partial charge in [-0.05, 0) is 18.1 Å². The number of amides is 2. The molecule has 2 rings (SSSR count). The minimum Gasteiger partial charge on any atom is -0.481 e. The molecule has 0 spiro atoms. The Labute approximate surface area is 185 Å². The summed E-state index contributed by atoms with van der Waals surface area (Å²) in [6.07, 6.45) is -0.828. The summed E-state index contributed by atoms with van der Waals surface area (Å²) in [7, 11) is 1.18. The molecule has 0 aliphatic heterocycles. The van der Waals surface area contributed by atoms with Crippen molar-refractivity contribution in [3.05, 3.63) is 71.8 Å². The first kappa shape index (κ1) is 24.4. The fourth-order valence-corrected chi connectivity index (χ4v) is 2.90. The van der Waals surface area contributed by atoms with E-state index in [0.29, 0.717) is 0 Å². The number of esters is 1. The Morgan fingerprint density at radius 3 is 2.00 bits per heavy atom. The van der Waals surface area contributed by atoms with Gasteiger partial charge >= 0.3 is 18.0 Å². The Hall–Kier alpha value is -3.88. The van der Waals surface area contributed by atoms with E-state index >= 15 is 0 Å². The van der Waals surface area contributed by atoms with Gasteiger partial charge in [0.05, 0.1) is 13.0 Å². The van der Waals surface area contributed by atoms with E-state index in [1.165, 1.54) is 14.0 Å². The first-order valence-electron chi connectivity index (χ1n) is 9.94. The van der Waals surface area contributed by atoms with Crippen molar-refractivity contribution in [3.63, 3.8) is 0 Å². The number of aliphatic carboxylic acids is 1. The summed E-state index contributed by atoms with van der Waals surface area (Å²) in [6.45, 7) is 1.22. The van der Waals surface area contributed by atoms with Crippen LogP contribution >= 0.6 is 0 Å². The van der Waals surface area contributed by atoms with Crippen LogP contribution in [0.4, 0.5) is 4.79 Å². The predicted molar refractivity (Wildman–Crippen MR) is 114 cm³/mol. The van der Waals surface area contributed by atoms with E-state index in [-0.39, 0.29) is 13.0 Å². The fraction of sp³-hybridized carbons (Fsp3) is 0.304. The van der Waals surface area contributed by atoms with E-state index in [9.17, 15) is 24.3 Å². The van der Waals surface area contributed by atoms with Gasteiger partial charge in [0.2, 0.25) is 5.91 Å². The maximum absolute atomic E-state index is 12.9. The quantitative estimate of drug-likeness (QED) is 0.479. The Morgan fingerprint density at radius 1 is 0.906 bits per heavy atom. The summed E-state index contributed by atoms with van der Waals surface area (Å²) >= 11 is 0. The smallest absolute Gasteiger partial charge is 0.408 e. The highest BCUT2D eigenvalue weighted by Gasteiger charge is 2.34. The fourth-order valence-electron chi connectivity index (χ4n) is 2.90. The number of carboxylic acid groups (broad SMARTS) is 1. The Balaban J connectivity index is 2.09. The van der Waals surface area contributed by atoms with E-state index in [1.807, 2.05) is 12.1 Å². The third kappa shape index (κ3) is 7.42. The lowest BCUT2D eigenvalue weighted by molar-refractivity contribution is -0.147. The monoisotopic (exact) mass is 442 g/mol. The number of carboxylic acids is 1. The topological polar surface area (TPSA) is 131 Å². The van der Waals surface area contributed by atoms with Crippen molar-refractivity contribution in [2.24, 2.45) is 5.92 Å². The van der Waals surface area contributed by atoms with E-state index in [0.717, 1.165) is 11.1 Å². The highest BCUT2D eigenvalue weighted by atomic mass is 16.5. The van der Waals surface area contributed by atoms with Gasteiger partial charge < -0.3 is 25.2 Å². The van der Waals surface area contributed by atoms with Crippen LogP contribution in [0.25, 0.3) is 0 Å². The molecule has 9 heteroatoms. The lowest BCUT2D eigenvalue weighted by Crippen LogP contribution is -2.56. The van der Waals surface area contributed by atoms with Crippen molar-refractivity contribution < 1.29 is 33.8 Å². The molecule has 0 bridgehead atoms. The van der Waals surface area contributed by atoms with Crippen molar-refractivity contribution in [1.29, 1.82) is 0 Å². The van der Waals surface area contributed by atoms with Crippen LogP contribution in [0.2, 0.25) is 0 Å². The molecule has 0 saturated heterocycles. The van der Waals surface area contributed by atoms with Crippen LogP contribution in [0.1, 0.15) is 18.1 Å². The average Bonchev–Trinajstić information content (AvgIpc) is 2.81. The number of hydrogen-bond acceptors (Lipinski definition) is 6. The number of nitrogens with one attached hydrogen (secondary N) is 2.